The highest BCUT2D eigenvalue weighted by atomic mass is 35.5. The first-order chi connectivity index (χ1) is 7.17. The van der Waals surface area contributed by atoms with E-state index in [-0.39, 0.29) is 12.6 Å². The molecular formula is C10H13Cl2NOS. The van der Waals surface area contributed by atoms with E-state index in [1.807, 2.05) is 19.2 Å². The Morgan fingerprint density at radius 1 is 1.40 bits per heavy atom. The number of benzene rings is 1. The number of thioether (sulfide) groups is 1. The number of halogens is 2. The SMILES string of the molecule is CNC(CO)CSc1ccc(Cl)c(Cl)c1. The van der Waals surface area contributed by atoms with Crippen molar-refractivity contribution < 1.29 is 5.11 Å². The highest BCUT2D eigenvalue weighted by Crippen LogP contribution is 2.28. The molecule has 0 spiro atoms. The van der Waals surface area contributed by atoms with Crippen LogP contribution in [0.1, 0.15) is 0 Å². The van der Waals surface area contributed by atoms with Gasteiger partial charge in [-0.05, 0) is 25.2 Å². The minimum atomic E-state index is 0.101. The molecule has 1 atom stereocenters. The number of rotatable bonds is 5. The average Bonchev–Trinajstić information content (AvgIpc) is 2.24. The van der Waals surface area contributed by atoms with E-state index in [0.29, 0.717) is 10.0 Å². The molecule has 0 saturated heterocycles. The molecule has 0 aliphatic rings. The average molecular weight is 266 g/mol. The second kappa shape index (κ2) is 6.61. The zero-order valence-corrected chi connectivity index (χ0v) is 10.7. The van der Waals surface area contributed by atoms with Crippen molar-refractivity contribution in [2.75, 3.05) is 19.4 Å². The lowest BCUT2D eigenvalue weighted by molar-refractivity contribution is 0.260. The molecule has 0 heterocycles. The molecular weight excluding hydrogens is 253 g/mol. The molecule has 0 fully saturated rings. The largest absolute Gasteiger partial charge is 0.395 e. The van der Waals surface area contributed by atoms with Gasteiger partial charge in [-0.15, -0.1) is 11.8 Å². The molecule has 2 N–H and O–H groups in total. The van der Waals surface area contributed by atoms with Crippen LogP contribution >= 0.6 is 35.0 Å². The summed E-state index contributed by atoms with van der Waals surface area (Å²) in [5.41, 5.74) is 0. The van der Waals surface area contributed by atoms with Crippen molar-refractivity contribution in [2.24, 2.45) is 0 Å². The molecule has 0 aliphatic carbocycles. The van der Waals surface area contributed by atoms with Gasteiger partial charge in [0.25, 0.3) is 0 Å². The minimum Gasteiger partial charge on any atom is -0.395 e. The highest BCUT2D eigenvalue weighted by Gasteiger charge is 2.06. The maximum Gasteiger partial charge on any atom is 0.0603 e. The Morgan fingerprint density at radius 3 is 2.67 bits per heavy atom. The number of hydrogen-bond donors (Lipinski definition) is 2. The normalized spacial score (nSPS) is 12.8. The molecule has 1 unspecified atom stereocenters. The first-order valence-corrected chi connectivity index (χ1v) is 6.27. The van der Waals surface area contributed by atoms with Crippen molar-refractivity contribution in [3.63, 3.8) is 0 Å². The van der Waals surface area contributed by atoms with Gasteiger partial charge in [0.15, 0.2) is 0 Å². The van der Waals surface area contributed by atoms with E-state index in [1.54, 1.807) is 17.8 Å². The van der Waals surface area contributed by atoms with Crippen LogP contribution in [-0.2, 0) is 0 Å². The van der Waals surface area contributed by atoms with E-state index in [0.717, 1.165) is 10.6 Å². The summed E-state index contributed by atoms with van der Waals surface area (Å²) in [6.45, 7) is 0.130. The van der Waals surface area contributed by atoms with E-state index < -0.39 is 0 Å². The van der Waals surface area contributed by atoms with Crippen LogP contribution in [-0.4, -0.2) is 30.6 Å². The Morgan fingerprint density at radius 2 is 2.13 bits per heavy atom. The Labute approximate surface area is 104 Å². The molecule has 0 saturated carbocycles. The lowest BCUT2D eigenvalue weighted by Gasteiger charge is -2.12. The van der Waals surface area contributed by atoms with Crippen LogP contribution in [0.25, 0.3) is 0 Å². The fourth-order valence-corrected chi connectivity index (χ4v) is 2.38. The summed E-state index contributed by atoms with van der Waals surface area (Å²) >= 11 is 13.3. The Bertz CT molecular complexity index is 318. The standard InChI is InChI=1S/C10H13Cl2NOS/c1-13-7(5-14)6-15-8-2-3-9(11)10(12)4-8/h2-4,7,13-14H,5-6H2,1H3. The molecule has 1 aromatic carbocycles. The van der Waals surface area contributed by atoms with Crippen LogP contribution in [0.2, 0.25) is 10.0 Å². The summed E-state index contributed by atoms with van der Waals surface area (Å²) in [6, 6.07) is 5.63. The van der Waals surface area contributed by atoms with E-state index >= 15 is 0 Å². The summed E-state index contributed by atoms with van der Waals surface area (Å²) in [6.07, 6.45) is 0. The second-order valence-electron chi connectivity index (χ2n) is 3.06. The molecule has 0 aliphatic heterocycles. The van der Waals surface area contributed by atoms with Gasteiger partial charge in [0.2, 0.25) is 0 Å². The minimum absolute atomic E-state index is 0.101. The van der Waals surface area contributed by atoms with Crippen molar-refractivity contribution >= 4 is 35.0 Å². The number of hydrogen-bond acceptors (Lipinski definition) is 3. The second-order valence-corrected chi connectivity index (χ2v) is 4.96. The molecule has 0 amide bonds. The molecule has 0 radical (unpaired) electrons. The van der Waals surface area contributed by atoms with Crippen LogP contribution < -0.4 is 5.32 Å². The summed E-state index contributed by atoms with van der Waals surface area (Å²) < 4.78 is 0. The first kappa shape index (κ1) is 13.1. The van der Waals surface area contributed by atoms with Crippen molar-refractivity contribution in [1.82, 2.24) is 5.32 Å². The van der Waals surface area contributed by atoms with Crippen LogP contribution in [0.3, 0.4) is 0 Å². The van der Waals surface area contributed by atoms with Gasteiger partial charge in [0.1, 0.15) is 0 Å². The van der Waals surface area contributed by atoms with Crippen LogP contribution in [0.15, 0.2) is 23.1 Å². The van der Waals surface area contributed by atoms with Gasteiger partial charge in [0.05, 0.1) is 16.7 Å². The molecule has 84 valence electrons. The summed E-state index contributed by atoms with van der Waals surface area (Å²) in [7, 11) is 1.83. The fourth-order valence-electron chi connectivity index (χ4n) is 0.991. The van der Waals surface area contributed by atoms with Gasteiger partial charge in [-0.2, -0.15) is 0 Å². The molecule has 1 rings (SSSR count). The first-order valence-electron chi connectivity index (χ1n) is 4.53. The number of aliphatic hydroxyl groups excluding tert-OH is 1. The number of likely N-dealkylation sites (N-methyl/N-ethyl adjacent to an activating group) is 1. The summed E-state index contributed by atoms with van der Waals surface area (Å²) in [5.74, 6) is 0.797. The molecule has 5 heteroatoms. The predicted octanol–water partition coefficient (Wildman–Crippen LogP) is 2.67. The smallest absolute Gasteiger partial charge is 0.0603 e. The maximum atomic E-state index is 8.98. The van der Waals surface area contributed by atoms with Crippen molar-refractivity contribution in [3.8, 4) is 0 Å². The monoisotopic (exact) mass is 265 g/mol. The Hall–Kier alpha value is 0.0700. The molecule has 0 bridgehead atoms. The fraction of sp³-hybridized carbons (Fsp3) is 0.400. The lowest BCUT2D eigenvalue weighted by atomic mass is 10.4. The van der Waals surface area contributed by atoms with Gasteiger partial charge in [0, 0.05) is 16.7 Å². The summed E-state index contributed by atoms with van der Waals surface area (Å²) in [5, 5.41) is 13.1. The Balaban J connectivity index is 2.54. The van der Waals surface area contributed by atoms with Crippen molar-refractivity contribution in [1.29, 1.82) is 0 Å². The molecule has 2 nitrogen and oxygen atoms in total. The third-order valence-corrected chi connectivity index (χ3v) is 3.87. The van der Waals surface area contributed by atoms with E-state index in [9.17, 15) is 0 Å². The van der Waals surface area contributed by atoms with Gasteiger partial charge in [-0.3, -0.25) is 0 Å². The molecule has 0 aromatic heterocycles. The molecule has 15 heavy (non-hydrogen) atoms. The number of nitrogens with one attached hydrogen (secondary N) is 1. The van der Waals surface area contributed by atoms with Gasteiger partial charge in [-0.25, -0.2) is 0 Å². The maximum absolute atomic E-state index is 8.98. The lowest BCUT2D eigenvalue weighted by Crippen LogP contribution is -2.31. The topological polar surface area (TPSA) is 32.3 Å². The van der Waals surface area contributed by atoms with Gasteiger partial charge < -0.3 is 10.4 Å². The highest BCUT2D eigenvalue weighted by molar-refractivity contribution is 7.99. The summed E-state index contributed by atoms with van der Waals surface area (Å²) in [4.78, 5) is 1.05. The van der Waals surface area contributed by atoms with Crippen molar-refractivity contribution in [3.05, 3.63) is 28.2 Å². The zero-order chi connectivity index (χ0) is 11.3. The van der Waals surface area contributed by atoms with Crippen molar-refractivity contribution in [2.45, 2.75) is 10.9 Å². The van der Waals surface area contributed by atoms with Gasteiger partial charge in [-0.1, -0.05) is 23.2 Å². The van der Waals surface area contributed by atoms with Crippen LogP contribution in [0.4, 0.5) is 0 Å². The zero-order valence-electron chi connectivity index (χ0n) is 8.34. The van der Waals surface area contributed by atoms with Gasteiger partial charge >= 0.3 is 0 Å². The number of aliphatic hydroxyl groups is 1. The predicted molar refractivity (Wildman–Crippen MR) is 67.1 cm³/mol. The van der Waals surface area contributed by atoms with E-state index in [2.05, 4.69) is 5.32 Å². The molecule has 1 aromatic rings. The quantitative estimate of drug-likeness (QED) is 0.804. The van der Waals surface area contributed by atoms with Crippen LogP contribution in [0, 0.1) is 0 Å². The van der Waals surface area contributed by atoms with E-state index in [4.69, 9.17) is 28.3 Å². The van der Waals surface area contributed by atoms with Crippen LogP contribution in [0.5, 0.6) is 0 Å². The third-order valence-electron chi connectivity index (χ3n) is 1.97. The van der Waals surface area contributed by atoms with E-state index in [1.165, 1.54) is 0 Å². The Kier molecular flexibility index (Phi) is 5.79. The third kappa shape index (κ3) is 4.21.